The first-order chi connectivity index (χ1) is 8.16. The highest BCUT2D eigenvalue weighted by Gasteiger charge is 2.06. The van der Waals surface area contributed by atoms with Crippen molar-refractivity contribution >= 4 is 33.2 Å². The number of nitrogens with two attached hydrogens (primary N) is 1. The molecule has 0 saturated heterocycles. The fraction of sp³-hybridized carbons (Fsp3) is 0. The molecule has 0 aliphatic rings. The molecule has 0 aliphatic heterocycles. The van der Waals surface area contributed by atoms with Gasteiger partial charge >= 0.3 is 0 Å². The largest absolute Gasteiger partial charge is 0.398 e. The second kappa shape index (κ2) is 4.92. The summed E-state index contributed by atoms with van der Waals surface area (Å²) in [6.45, 7) is 0. The van der Waals surface area contributed by atoms with E-state index in [2.05, 4.69) is 31.2 Å². The minimum absolute atomic E-state index is 0.262. The summed E-state index contributed by atoms with van der Waals surface area (Å²) in [6.07, 6.45) is 4.28. The Bertz CT molecular complexity index is 544. The molecule has 0 atom stereocenters. The molecular formula is C11H9BrN4O. The van der Waals surface area contributed by atoms with Crippen LogP contribution in [0.3, 0.4) is 0 Å². The SMILES string of the molecule is Nc1ccc(NC(=O)c2cncnc2)cc1Br. The van der Waals surface area contributed by atoms with Crippen molar-refractivity contribution in [2.75, 3.05) is 11.1 Å². The van der Waals surface area contributed by atoms with Crippen LogP contribution in [0.15, 0.2) is 41.4 Å². The van der Waals surface area contributed by atoms with Crippen LogP contribution in [0, 0.1) is 0 Å². The molecule has 5 nitrogen and oxygen atoms in total. The zero-order valence-corrected chi connectivity index (χ0v) is 10.3. The van der Waals surface area contributed by atoms with Gasteiger partial charge in [0, 0.05) is 28.2 Å². The second-order valence-corrected chi connectivity index (χ2v) is 4.17. The van der Waals surface area contributed by atoms with Crippen molar-refractivity contribution in [2.45, 2.75) is 0 Å². The molecule has 0 saturated carbocycles. The molecule has 1 heterocycles. The van der Waals surface area contributed by atoms with E-state index in [0.29, 0.717) is 16.9 Å². The maximum Gasteiger partial charge on any atom is 0.258 e. The number of anilines is 2. The van der Waals surface area contributed by atoms with Crippen molar-refractivity contribution in [1.82, 2.24) is 9.97 Å². The Morgan fingerprint density at radius 1 is 1.29 bits per heavy atom. The third-order valence-corrected chi connectivity index (χ3v) is 2.77. The Kier molecular flexibility index (Phi) is 3.34. The van der Waals surface area contributed by atoms with Crippen LogP contribution >= 0.6 is 15.9 Å². The van der Waals surface area contributed by atoms with Crippen molar-refractivity contribution in [2.24, 2.45) is 0 Å². The first-order valence-corrected chi connectivity index (χ1v) is 5.57. The van der Waals surface area contributed by atoms with Crippen LogP contribution in [0.2, 0.25) is 0 Å². The molecular weight excluding hydrogens is 284 g/mol. The Balaban J connectivity index is 2.16. The van der Waals surface area contributed by atoms with Gasteiger partial charge in [-0.05, 0) is 34.1 Å². The third kappa shape index (κ3) is 2.79. The first-order valence-electron chi connectivity index (χ1n) is 4.78. The molecule has 6 heteroatoms. The highest BCUT2D eigenvalue weighted by molar-refractivity contribution is 9.10. The normalized spacial score (nSPS) is 9.94. The molecule has 2 aromatic rings. The van der Waals surface area contributed by atoms with Crippen molar-refractivity contribution in [3.05, 3.63) is 47.0 Å². The molecule has 2 rings (SSSR count). The van der Waals surface area contributed by atoms with E-state index in [0.717, 1.165) is 4.47 Å². The van der Waals surface area contributed by atoms with Gasteiger partial charge in [-0.1, -0.05) is 0 Å². The van der Waals surface area contributed by atoms with E-state index in [1.165, 1.54) is 18.7 Å². The van der Waals surface area contributed by atoms with Gasteiger partial charge in [0.05, 0.1) is 5.56 Å². The number of amides is 1. The lowest BCUT2D eigenvalue weighted by Gasteiger charge is -2.06. The first kappa shape index (κ1) is 11.5. The number of nitrogens with one attached hydrogen (secondary N) is 1. The Labute approximate surface area is 106 Å². The van der Waals surface area contributed by atoms with Crippen LogP contribution in [0.5, 0.6) is 0 Å². The standard InChI is InChI=1S/C11H9BrN4O/c12-9-3-8(1-2-10(9)13)16-11(17)7-4-14-6-15-5-7/h1-6H,13H2,(H,16,17). The maximum absolute atomic E-state index is 11.8. The molecule has 1 aromatic carbocycles. The summed E-state index contributed by atoms with van der Waals surface area (Å²) in [5.74, 6) is -0.262. The Morgan fingerprint density at radius 2 is 2.00 bits per heavy atom. The predicted molar refractivity (Wildman–Crippen MR) is 68.5 cm³/mol. The van der Waals surface area contributed by atoms with Gasteiger partial charge in [-0.15, -0.1) is 0 Å². The highest BCUT2D eigenvalue weighted by atomic mass is 79.9. The molecule has 0 fully saturated rings. The third-order valence-electron chi connectivity index (χ3n) is 2.08. The summed E-state index contributed by atoms with van der Waals surface area (Å²) < 4.78 is 0.736. The van der Waals surface area contributed by atoms with Crippen LogP contribution < -0.4 is 11.1 Å². The number of carbonyl (C=O) groups is 1. The summed E-state index contributed by atoms with van der Waals surface area (Å²) in [5.41, 5.74) is 7.32. The summed E-state index contributed by atoms with van der Waals surface area (Å²) in [7, 11) is 0. The monoisotopic (exact) mass is 292 g/mol. The zero-order valence-electron chi connectivity index (χ0n) is 8.72. The van der Waals surface area contributed by atoms with Crippen LogP contribution in [0.25, 0.3) is 0 Å². The van der Waals surface area contributed by atoms with Gasteiger partial charge in [0.2, 0.25) is 0 Å². The second-order valence-electron chi connectivity index (χ2n) is 3.32. The zero-order chi connectivity index (χ0) is 12.3. The van der Waals surface area contributed by atoms with Gasteiger partial charge in [-0.2, -0.15) is 0 Å². The minimum Gasteiger partial charge on any atom is -0.398 e. The summed E-state index contributed by atoms with van der Waals surface area (Å²) in [6, 6.07) is 5.17. The van der Waals surface area contributed by atoms with E-state index >= 15 is 0 Å². The van der Waals surface area contributed by atoms with Gasteiger partial charge in [0.25, 0.3) is 5.91 Å². The molecule has 1 aromatic heterocycles. The van der Waals surface area contributed by atoms with Gasteiger partial charge in [-0.25, -0.2) is 9.97 Å². The molecule has 0 bridgehead atoms. The topological polar surface area (TPSA) is 80.9 Å². The van der Waals surface area contributed by atoms with Crippen molar-refractivity contribution < 1.29 is 4.79 Å². The van der Waals surface area contributed by atoms with E-state index in [4.69, 9.17) is 5.73 Å². The average molecular weight is 293 g/mol. The fourth-order valence-electron chi connectivity index (χ4n) is 1.22. The predicted octanol–water partition coefficient (Wildman–Crippen LogP) is 2.07. The lowest BCUT2D eigenvalue weighted by molar-refractivity contribution is 0.102. The van der Waals surface area contributed by atoms with Crippen molar-refractivity contribution in [1.29, 1.82) is 0 Å². The van der Waals surface area contributed by atoms with Crippen LogP contribution in [-0.2, 0) is 0 Å². The van der Waals surface area contributed by atoms with Gasteiger partial charge in [-0.3, -0.25) is 4.79 Å². The Morgan fingerprint density at radius 3 is 2.65 bits per heavy atom. The molecule has 0 spiro atoms. The van der Waals surface area contributed by atoms with Gasteiger partial charge in [0.15, 0.2) is 0 Å². The Hall–Kier alpha value is -1.95. The fourth-order valence-corrected chi connectivity index (χ4v) is 1.60. The molecule has 0 aliphatic carbocycles. The molecule has 86 valence electrons. The van der Waals surface area contributed by atoms with E-state index in [1.54, 1.807) is 18.2 Å². The van der Waals surface area contributed by atoms with E-state index in [-0.39, 0.29) is 5.91 Å². The molecule has 17 heavy (non-hydrogen) atoms. The number of rotatable bonds is 2. The smallest absolute Gasteiger partial charge is 0.258 e. The van der Waals surface area contributed by atoms with E-state index < -0.39 is 0 Å². The average Bonchev–Trinajstić information content (AvgIpc) is 2.35. The summed E-state index contributed by atoms with van der Waals surface area (Å²) in [5, 5.41) is 2.72. The molecule has 0 radical (unpaired) electrons. The highest BCUT2D eigenvalue weighted by Crippen LogP contribution is 2.23. The number of carbonyl (C=O) groups excluding carboxylic acids is 1. The maximum atomic E-state index is 11.8. The number of aromatic nitrogens is 2. The number of nitrogens with zero attached hydrogens (tertiary/aromatic N) is 2. The van der Waals surface area contributed by atoms with Gasteiger partial charge in [0.1, 0.15) is 6.33 Å². The van der Waals surface area contributed by atoms with Gasteiger partial charge < -0.3 is 11.1 Å². The van der Waals surface area contributed by atoms with Crippen LogP contribution in [0.1, 0.15) is 10.4 Å². The lowest BCUT2D eigenvalue weighted by Crippen LogP contribution is -2.12. The van der Waals surface area contributed by atoms with Crippen LogP contribution in [-0.4, -0.2) is 15.9 Å². The molecule has 1 amide bonds. The van der Waals surface area contributed by atoms with Crippen LogP contribution in [0.4, 0.5) is 11.4 Å². The lowest BCUT2D eigenvalue weighted by atomic mass is 10.2. The number of hydrogen-bond acceptors (Lipinski definition) is 4. The summed E-state index contributed by atoms with van der Waals surface area (Å²) in [4.78, 5) is 19.3. The number of halogens is 1. The number of hydrogen-bond donors (Lipinski definition) is 2. The van der Waals surface area contributed by atoms with E-state index in [9.17, 15) is 4.79 Å². The van der Waals surface area contributed by atoms with E-state index in [1.807, 2.05) is 0 Å². The molecule has 0 unspecified atom stereocenters. The summed E-state index contributed by atoms with van der Waals surface area (Å²) >= 11 is 3.29. The van der Waals surface area contributed by atoms with Crippen molar-refractivity contribution in [3.8, 4) is 0 Å². The molecule has 3 N–H and O–H groups in total. The number of benzene rings is 1. The quantitative estimate of drug-likeness (QED) is 0.831. The van der Waals surface area contributed by atoms with Crippen molar-refractivity contribution in [3.63, 3.8) is 0 Å². The number of nitrogen functional groups attached to an aromatic ring is 1. The minimum atomic E-state index is -0.262.